The number of ether oxygens (including phenoxy) is 1. The van der Waals surface area contributed by atoms with Gasteiger partial charge >= 0.3 is 12.1 Å². The fraction of sp³-hybridized carbons (Fsp3) is 0.296. The number of rotatable bonds is 7. The summed E-state index contributed by atoms with van der Waals surface area (Å²) in [5.41, 5.74) is 1.76. The number of benzene rings is 3. The molecule has 4 rings (SSSR count). The van der Waals surface area contributed by atoms with E-state index in [0.717, 1.165) is 33.6 Å². The molecular formula is C27H26F3NO5S. The second-order valence-corrected chi connectivity index (χ2v) is 11.1. The molecule has 0 amide bonds. The molecule has 0 unspecified atom stereocenters. The summed E-state index contributed by atoms with van der Waals surface area (Å²) in [7, 11) is -4.44. The van der Waals surface area contributed by atoms with Gasteiger partial charge in [-0.15, -0.1) is 0 Å². The maximum atomic E-state index is 13.7. The predicted molar refractivity (Wildman–Crippen MR) is 133 cm³/mol. The first kappa shape index (κ1) is 26.5. The van der Waals surface area contributed by atoms with Crippen LogP contribution in [0.5, 0.6) is 5.75 Å². The summed E-state index contributed by atoms with van der Waals surface area (Å²) in [6.45, 7) is 3.90. The first-order valence-electron chi connectivity index (χ1n) is 11.7. The zero-order valence-corrected chi connectivity index (χ0v) is 21.0. The molecular weight excluding hydrogens is 507 g/mol. The van der Waals surface area contributed by atoms with E-state index in [1.807, 2.05) is 24.3 Å². The topological polar surface area (TPSA) is 83.9 Å². The Morgan fingerprint density at radius 3 is 2.35 bits per heavy atom. The monoisotopic (exact) mass is 533 g/mol. The van der Waals surface area contributed by atoms with Crippen molar-refractivity contribution in [3.63, 3.8) is 0 Å². The highest BCUT2D eigenvalue weighted by atomic mass is 32.2. The number of hydrogen-bond acceptors (Lipinski definition) is 4. The molecule has 1 N–H and O–H groups in total. The molecule has 1 aliphatic heterocycles. The summed E-state index contributed by atoms with van der Waals surface area (Å²) in [4.78, 5) is 10.6. The van der Waals surface area contributed by atoms with Crippen LogP contribution >= 0.6 is 0 Å². The minimum atomic E-state index is -4.71. The molecule has 0 aromatic heterocycles. The Balaban J connectivity index is 1.79. The van der Waals surface area contributed by atoms with Gasteiger partial charge in [0.1, 0.15) is 11.9 Å². The second kappa shape index (κ2) is 10.1. The zero-order valence-electron chi connectivity index (χ0n) is 20.2. The number of nitrogens with zero attached hydrogens (tertiary/aromatic N) is 1. The van der Waals surface area contributed by atoms with Gasteiger partial charge in [0.2, 0.25) is 0 Å². The van der Waals surface area contributed by atoms with E-state index in [4.69, 9.17) is 9.84 Å². The molecule has 0 spiro atoms. The van der Waals surface area contributed by atoms with Crippen molar-refractivity contribution in [3.05, 3.63) is 77.9 Å². The molecule has 3 aromatic rings. The molecule has 196 valence electrons. The number of alkyl halides is 3. The van der Waals surface area contributed by atoms with Crippen molar-refractivity contribution < 1.29 is 36.2 Å². The molecule has 3 aromatic carbocycles. The van der Waals surface area contributed by atoms with Gasteiger partial charge in [0.25, 0.3) is 10.0 Å². The third-order valence-corrected chi connectivity index (χ3v) is 8.01. The summed E-state index contributed by atoms with van der Waals surface area (Å²) in [5.74, 6) is -0.525. The van der Waals surface area contributed by atoms with Crippen molar-refractivity contribution in [2.24, 2.45) is 0 Å². The van der Waals surface area contributed by atoms with Crippen LogP contribution in [0.1, 0.15) is 43.7 Å². The average Bonchev–Trinajstić information content (AvgIpc) is 2.86. The summed E-state index contributed by atoms with van der Waals surface area (Å²) in [6.07, 6.45) is -5.73. The van der Waals surface area contributed by atoms with E-state index >= 15 is 0 Å². The quantitative estimate of drug-likeness (QED) is 0.384. The minimum Gasteiger partial charge on any atom is -0.486 e. The van der Waals surface area contributed by atoms with Crippen LogP contribution in [-0.2, 0) is 21.0 Å². The average molecular weight is 534 g/mol. The van der Waals surface area contributed by atoms with Gasteiger partial charge in [-0.05, 0) is 59.4 Å². The summed E-state index contributed by atoms with van der Waals surface area (Å²) in [5, 5.41) is 9.07. The number of sulfonamides is 1. The molecule has 0 saturated heterocycles. The van der Waals surface area contributed by atoms with Crippen LogP contribution < -0.4 is 9.04 Å². The maximum absolute atomic E-state index is 13.7. The Hall–Kier alpha value is -3.53. The van der Waals surface area contributed by atoms with Crippen LogP contribution in [0.15, 0.2) is 71.6 Å². The zero-order chi connectivity index (χ0) is 27.0. The predicted octanol–water partition coefficient (Wildman–Crippen LogP) is 6.32. The first-order chi connectivity index (χ1) is 17.4. The highest BCUT2D eigenvalue weighted by Gasteiger charge is 2.37. The van der Waals surface area contributed by atoms with Crippen molar-refractivity contribution in [1.29, 1.82) is 0 Å². The van der Waals surface area contributed by atoms with Gasteiger partial charge in [-0.2, -0.15) is 13.2 Å². The van der Waals surface area contributed by atoms with E-state index in [1.165, 1.54) is 0 Å². The second-order valence-electron chi connectivity index (χ2n) is 9.19. The molecule has 10 heteroatoms. The number of carboxylic acids is 1. The highest BCUT2D eigenvalue weighted by molar-refractivity contribution is 7.92. The Morgan fingerprint density at radius 1 is 1.05 bits per heavy atom. The Morgan fingerprint density at radius 2 is 1.73 bits per heavy atom. The number of hydrogen-bond donors (Lipinski definition) is 1. The van der Waals surface area contributed by atoms with Crippen LogP contribution in [0.25, 0.3) is 11.1 Å². The van der Waals surface area contributed by atoms with E-state index in [1.54, 1.807) is 18.2 Å². The summed E-state index contributed by atoms with van der Waals surface area (Å²) in [6, 6.07) is 16.4. The molecule has 1 atom stereocenters. The lowest BCUT2D eigenvalue weighted by Gasteiger charge is -2.36. The van der Waals surface area contributed by atoms with Gasteiger partial charge in [0, 0.05) is 6.42 Å². The third kappa shape index (κ3) is 5.74. The Labute approximate surface area is 213 Å². The highest BCUT2D eigenvalue weighted by Crippen LogP contribution is 2.41. The standard InChI is InChI=1S/C27H26F3NO5S/c1-17(2)18-6-8-19(9-7-18)20-10-12-25-24(14-20)31(16-22(36-25)11-13-26(32)33)37(34,35)23-5-3-4-21(15-23)27(28,29)30/h3-10,12,14-15,17,22H,11,13,16H2,1-2H3,(H,32,33)/t22-/m0/s1. The lowest BCUT2D eigenvalue weighted by Crippen LogP contribution is -2.43. The molecule has 1 aliphatic rings. The molecule has 6 nitrogen and oxygen atoms in total. The van der Waals surface area contributed by atoms with Gasteiger partial charge in [-0.25, -0.2) is 8.42 Å². The maximum Gasteiger partial charge on any atom is 0.416 e. The van der Waals surface area contributed by atoms with Crippen LogP contribution in [0.2, 0.25) is 0 Å². The van der Waals surface area contributed by atoms with Gasteiger partial charge < -0.3 is 9.84 Å². The summed E-state index contributed by atoms with van der Waals surface area (Å²) >= 11 is 0. The molecule has 0 saturated carbocycles. The van der Waals surface area contributed by atoms with Crippen LogP contribution in [0.3, 0.4) is 0 Å². The summed E-state index contributed by atoms with van der Waals surface area (Å²) < 4.78 is 74.2. The minimum absolute atomic E-state index is 0.0296. The Bertz CT molecular complexity index is 1400. The normalized spacial score (nSPS) is 15.8. The molecule has 37 heavy (non-hydrogen) atoms. The van der Waals surface area contributed by atoms with E-state index in [0.29, 0.717) is 17.5 Å². The molecule has 0 radical (unpaired) electrons. The lowest BCUT2D eigenvalue weighted by atomic mass is 9.98. The van der Waals surface area contributed by atoms with Crippen molar-refractivity contribution in [2.45, 2.75) is 49.8 Å². The van der Waals surface area contributed by atoms with Crippen molar-refractivity contribution in [3.8, 4) is 16.9 Å². The van der Waals surface area contributed by atoms with E-state index in [2.05, 4.69) is 13.8 Å². The Kier molecular flexibility index (Phi) is 7.23. The first-order valence-corrected chi connectivity index (χ1v) is 13.1. The molecule has 0 aliphatic carbocycles. The number of carbonyl (C=O) groups is 1. The van der Waals surface area contributed by atoms with Gasteiger partial charge in [0.05, 0.1) is 22.7 Å². The number of halogens is 3. The van der Waals surface area contributed by atoms with E-state index < -0.39 is 38.7 Å². The van der Waals surface area contributed by atoms with Crippen molar-refractivity contribution in [1.82, 2.24) is 0 Å². The fourth-order valence-corrected chi connectivity index (χ4v) is 5.72. The molecule has 1 heterocycles. The van der Waals surface area contributed by atoms with Gasteiger partial charge in [-0.1, -0.05) is 50.2 Å². The lowest BCUT2D eigenvalue weighted by molar-refractivity contribution is -0.138. The smallest absolute Gasteiger partial charge is 0.416 e. The fourth-order valence-electron chi connectivity index (χ4n) is 4.17. The van der Waals surface area contributed by atoms with Gasteiger partial charge in [-0.3, -0.25) is 9.10 Å². The van der Waals surface area contributed by atoms with E-state index in [9.17, 15) is 26.4 Å². The number of aliphatic carboxylic acids is 1. The number of anilines is 1. The van der Waals surface area contributed by atoms with Crippen molar-refractivity contribution in [2.75, 3.05) is 10.8 Å². The SMILES string of the molecule is CC(C)c1ccc(-c2ccc3c(c2)N(S(=O)(=O)c2cccc(C(F)(F)F)c2)C[C@H](CCC(=O)O)O3)cc1. The van der Waals surface area contributed by atoms with Gasteiger partial charge in [0.15, 0.2) is 0 Å². The van der Waals surface area contributed by atoms with Crippen LogP contribution in [0.4, 0.5) is 18.9 Å². The number of carboxylic acid groups (broad SMARTS) is 1. The molecule has 0 fully saturated rings. The van der Waals surface area contributed by atoms with Crippen molar-refractivity contribution >= 4 is 21.7 Å². The third-order valence-electron chi connectivity index (χ3n) is 6.23. The largest absolute Gasteiger partial charge is 0.486 e. The van der Waals surface area contributed by atoms with Crippen LogP contribution in [-0.4, -0.2) is 32.1 Å². The van der Waals surface area contributed by atoms with E-state index in [-0.39, 0.29) is 30.8 Å². The van der Waals surface area contributed by atoms with Crippen LogP contribution in [0, 0.1) is 0 Å². The molecule has 0 bridgehead atoms. The number of fused-ring (bicyclic) bond motifs is 1.